The highest BCUT2D eigenvalue weighted by molar-refractivity contribution is 5.68. The number of benzene rings is 1. The first-order valence-electron chi connectivity index (χ1n) is 6.58. The fourth-order valence-corrected chi connectivity index (χ4v) is 1.59. The first kappa shape index (κ1) is 14.7. The van der Waals surface area contributed by atoms with E-state index in [1.54, 1.807) is 6.92 Å². The van der Waals surface area contributed by atoms with Gasteiger partial charge in [0, 0.05) is 19.5 Å². The molecule has 0 unspecified atom stereocenters. The Hall–Kier alpha value is -1.35. The second-order valence-corrected chi connectivity index (χ2v) is 4.65. The highest BCUT2D eigenvalue weighted by Gasteiger charge is 1.99. The topological polar surface area (TPSA) is 38.3 Å². The molecule has 1 rings (SSSR count). The predicted octanol–water partition coefficient (Wildman–Crippen LogP) is 2.85. The Kier molecular flexibility index (Phi) is 6.44. The Balaban J connectivity index is 2.21. The van der Waals surface area contributed by atoms with E-state index < -0.39 is 0 Å². The summed E-state index contributed by atoms with van der Waals surface area (Å²) < 4.78 is 4.98. The van der Waals surface area contributed by atoms with Crippen LogP contribution in [0.4, 0.5) is 0 Å². The molecule has 1 aromatic rings. The lowest BCUT2D eigenvalue weighted by Crippen LogP contribution is -2.20. The number of rotatable bonds is 7. The van der Waals surface area contributed by atoms with Crippen molar-refractivity contribution in [1.29, 1.82) is 0 Å². The zero-order valence-electron chi connectivity index (χ0n) is 11.5. The van der Waals surface area contributed by atoms with Crippen molar-refractivity contribution in [3.8, 4) is 0 Å². The molecule has 1 aromatic carbocycles. The summed E-state index contributed by atoms with van der Waals surface area (Å²) in [5.41, 5.74) is 2.61. The molecule has 0 fully saturated rings. The molecule has 0 saturated carbocycles. The third-order valence-corrected chi connectivity index (χ3v) is 2.81. The maximum atomic E-state index is 10.9. The van der Waals surface area contributed by atoms with Gasteiger partial charge in [0.15, 0.2) is 0 Å². The Morgan fingerprint density at radius 2 is 1.94 bits per heavy atom. The van der Waals surface area contributed by atoms with E-state index in [-0.39, 0.29) is 5.97 Å². The average molecular weight is 249 g/mol. The average Bonchev–Trinajstić information content (AvgIpc) is 2.38. The molecular weight excluding hydrogens is 226 g/mol. The summed E-state index contributed by atoms with van der Waals surface area (Å²) in [6, 6.07) is 8.61. The van der Waals surface area contributed by atoms with E-state index >= 15 is 0 Å². The number of nitrogens with one attached hydrogen (secondary N) is 1. The molecule has 3 heteroatoms. The molecule has 100 valence electrons. The number of hydrogen-bond acceptors (Lipinski definition) is 3. The largest absolute Gasteiger partial charge is 0.464 e. The SMILES string of the molecule is CCC(=O)OCCNCc1ccc(C(C)C)cc1. The van der Waals surface area contributed by atoms with E-state index in [2.05, 4.69) is 43.4 Å². The standard InChI is InChI=1S/C15H23NO2/c1-4-15(17)18-10-9-16-11-13-5-7-14(8-6-13)12(2)3/h5-8,12,16H,4,9-11H2,1-3H3. The molecule has 0 heterocycles. The van der Waals surface area contributed by atoms with Crippen LogP contribution in [0, 0.1) is 0 Å². The smallest absolute Gasteiger partial charge is 0.305 e. The minimum atomic E-state index is -0.141. The summed E-state index contributed by atoms with van der Waals surface area (Å²) in [5, 5.41) is 3.25. The molecule has 3 nitrogen and oxygen atoms in total. The number of esters is 1. The van der Waals surface area contributed by atoms with Crippen LogP contribution in [-0.2, 0) is 16.1 Å². The van der Waals surface area contributed by atoms with Crippen LogP contribution >= 0.6 is 0 Å². The Bertz CT molecular complexity index is 357. The second-order valence-electron chi connectivity index (χ2n) is 4.65. The lowest BCUT2D eigenvalue weighted by atomic mass is 10.0. The predicted molar refractivity (Wildman–Crippen MR) is 73.5 cm³/mol. The molecule has 0 saturated heterocycles. The Morgan fingerprint density at radius 1 is 1.28 bits per heavy atom. The molecule has 0 atom stereocenters. The summed E-state index contributed by atoms with van der Waals surface area (Å²) in [7, 11) is 0. The fourth-order valence-electron chi connectivity index (χ4n) is 1.59. The van der Waals surface area contributed by atoms with Gasteiger partial charge in [-0.05, 0) is 17.0 Å². The van der Waals surface area contributed by atoms with Crippen LogP contribution in [0.5, 0.6) is 0 Å². The van der Waals surface area contributed by atoms with Gasteiger partial charge in [0.05, 0.1) is 0 Å². The molecule has 0 aliphatic rings. The van der Waals surface area contributed by atoms with Crippen molar-refractivity contribution < 1.29 is 9.53 Å². The van der Waals surface area contributed by atoms with Gasteiger partial charge in [0.2, 0.25) is 0 Å². The molecular formula is C15H23NO2. The van der Waals surface area contributed by atoms with Crippen LogP contribution in [0.1, 0.15) is 44.2 Å². The van der Waals surface area contributed by atoms with Crippen LogP contribution in [0.25, 0.3) is 0 Å². The molecule has 0 amide bonds. The molecule has 0 aromatic heterocycles. The lowest BCUT2D eigenvalue weighted by Gasteiger charge is -2.08. The van der Waals surface area contributed by atoms with E-state index in [4.69, 9.17) is 4.74 Å². The Morgan fingerprint density at radius 3 is 2.50 bits per heavy atom. The van der Waals surface area contributed by atoms with Gasteiger partial charge in [0.25, 0.3) is 0 Å². The molecule has 0 aliphatic heterocycles. The van der Waals surface area contributed by atoms with Gasteiger partial charge < -0.3 is 10.1 Å². The van der Waals surface area contributed by atoms with Crippen LogP contribution in [0.15, 0.2) is 24.3 Å². The lowest BCUT2D eigenvalue weighted by molar-refractivity contribution is -0.143. The van der Waals surface area contributed by atoms with E-state index in [0.717, 1.165) is 6.54 Å². The van der Waals surface area contributed by atoms with Crippen molar-refractivity contribution in [2.45, 2.75) is 39.7 Å². The molecule has 0 bridgehead atoms. The summed E-state index contributed by atoms with van der Waals surface area (Å²) in [4.78, 5) is 10.9. The van der Waals surface area contributed by atoms with Gasteiger partial charge in [-0.1, -0.05) is 45.0 Å². The van der Waals surface area contributed by atoms with Crippen LogP contribution in [-0.4, -0.2) is 19.1 Å². The van der Waals surface area contributed by atoms with Crippen LogP contribution in [0.2, 0.25) is 0 Å². The molecule has 0 spiro atoms. The summed E-state index contributed by atoms with van der Waals surface area (Å²) >= 11 is 0. The maximum Gasteiger partial charge on any atom is 0.305 e. The second kappa shape index (κ2) is 7.88. The number of hydrogen-bond donors (Lipinski definition) is 1. The van der Waals surface area contributed by atoms with Gasteiger partial charge in [-0.25, -0.2) is 0 Å². The summed E-state index contributed by atoms with van der Waals surface area (Å²) in [6.45, 7) is 8.12. The van der Waals surface area contributed by atoms with Crippen LogP contribution in [0.3, 0.4) is 0 Å². The van der Waals surface area contributed by atoms with E-state index in [1.807, 2.05) is 0 Å². The van der Waals surface area contributed by atoms with Gasteiger partial charge >= 0.3 is 5.97 Å². The normalized spacial score (nSPS) is 10.7. The first-order chi connectivity index (χ1) is 8.63. The van der Waals surface area contributed by atoms with E-state index in [1.165, 1.54) is 11.1 Å². The van der Waals surface area contributed by atoms with Gasteiger partial charge in [0.1, 0.15) is 6.61 Å². The molecule has 18 heavy (non-hydrogen) atoms. The van der Waals surface area contributed by atoms with Gasteiger partial charge in [-0.2, -0.15) is 0 Å². The monoisotopic (exact) mass is 249 g/mol. The maximum absolute atomic E-state index is 10.9. The minimum absolute atomic E-state index is 0.141. The van der Waals surface area contributed by atoms with Crippen molar-refractivity contribution in [3.05, 3.63) is 35.4 Å². The first-order valence-corrected chi connectivity index (χ1v) is 6.58. The van der Waals surface area contributed by atoms with Crippen molar-refractivity contribution >= 4 is 5.97 Å². The number of ether oxygens (including phenoxy) is 1. The third kappa shape index (κ3) is 5.32. The van der Waals surface area contributed by atoms with Crippen LogP contribution < -0.4 is 5.32 Å². The quantitative estimate of drug-likeness (QED) is 0.596. The van der Waals surface area contributed by atoms with E-state index in [9.17, 15) is 4.79 Å². The Labute approximate surface area is 110 Å². The third-order valence-electron chi connectivity index (χ3n) is 2.81. The zero-order chi connectivity index (χ0) is 13.4. The minimum Gasteiger partial charge on any atom is -0.464 e. The van der Waals surface area contributed by atoms with Crippen molar-refractivity contribution in [1.82, 2.24) is 5.32 Å². The van der Waals surface area contributed by atoms with Crippen molar-refractivity contribution in [3.63, 3.8) is 0 Å². The van der Waals surface area contributed by atoms with Crippen molar-refractivity contribution in [2.24, 2.45) is 0 Å². The zero-order valence-corrected chi connectivity index (χ0v) is 11.5. The van der Waals surface area contributed by atoms with Gasteiger partial charge in [-0.15, -0.1) is 0 Å². The van der Waals surface area contributed by atoms with Gasteiger partial charge in [-0.3, -0.25) is 4.79 Å². The molecule has 0 radical (unpaired) electrons. The molecule has 0 aliphatic carbocycles. The van der Waals surface area contributed by atoms with Crippen molar-refractivity contribution in [2.75, 3.05) is 13.2 Å². The fraction of sp³-hybridized carbons (Fsp3) is 0.533. The number of carbonyl (C=O) groups excluding carboxylic acids is 1. The molecule has 1 N–H and O–H groups in total. The number of carbonyl (C=O) groups is 1. The highest BCUT2D eigenvalue weighted by atomic mass is 16.5. The highest BCUT2D eigenvalue weighted by Crippen LogP contribution is 2.14. The summed E-state index contributed by atoms with van der Waals surface area (Å²) in [5.74, 6) is 0.429. The summed E-state index contributed by atoms with van der Waals surface area (Å²) in [6.07, 6.45) is 0.441. The van der Waals surface area contributed by atoms with E-state index in [0.29, 0.717) is 25.5 Å².